The van der Waals surface area contributed by atoms with Gasteiger partial charge in [-0.15, -0.1) is 12.4 Å². The Kier molecular flexibility index (Phi) is 7.11. The van der Waals surface area contributed by atoms with E-state index < -0.39 is 11.4 Å². The number of rotatable bonds is 2. The summed E-state index contributed by atoms with van der Waals surface area (Å²) < 4.78 is 13.2. The van der Waals surface area contributed by atoms with Gasteiger partial charge in [0.25, 0.3) is 5.91 Å². The summed E-state index contributed by atoms with van der Waals surface area (Å²) in [6.45, 7) is 3.80. The molecule has 1 saturated carbocycles. The van der Waals surface area contributed by atoms with Crippen LogP contribution in [0.15, 0.2) is 18.2 Å². The number of nitrogens with zero attached hydrogens (tertiary/aromatic N) is 2. The molecule has 1 aliphatic heterocycles. The standard InChI is InChI=1S/C19H25ClFN3O2.ClH/c1-19(22)7-3-2-4-15(19)18(26)24-10-8-23(9-11-24)17(25)14-6-5-13(21)12-16(14)20;/h5-6,12,15H,2-4,7-11,22H2,1H3;1H. The van der Waals surface area contributed by atoms with Crippen LogP contribution in [0.25, 0.3) is 0 Å². The summed E-state index contributed by atoms with van der Waals surface area (Å²) >= 11 is 5.99. The SMILES string of the molecule is CC1(N)CCCCC1C(=O)N1CCN(C(=O)c2ccc(F)cc2Cl)CC1.Cl. The fourth-order valence-corrected chi connectivity index (χ4v) is 4.20. The third-order valence-corrected chi connectivity index (χ3v) is 5.91. The zero-order chi connectivity index (χ0) is 18.9. The first-order chi connectivity index (χ1) is 12.3. The van der Waals surface area contributed by atoms with Gasteiger partial charge < -0.3 is 15.5 Å². The molecule has 2 unspecified atom stereocenters. The lowest BCUT2D eigenvalue weighted by atomic mass is 9.74. The lowest BCUT2D eigenvalue weighted by Gasteiger charge is -2.42. The van der Waals surface area contributed by atoms with Gasteiger partial charge in [-0.1, -0.05) is 24.4 Å². The van der Waals surface area contributed by atoms with Gasteiger partial charge in [0.15, 0.2) is 0 Å². The van der Waals surface area contributed by atoms with Crippen molar-refractivity contribution in [3.63, 3.8) is 0 Å². The normalized spacial score (nSPS) is 25.7. The van der Waals surface area contributed by atoms with Crippen LogP contribution in [0.2, 0.25) is 5.02 Å². The second-order valence-electron chi connectivity index (χ2n) is 7.55. The molecule has 0 spiro atoms. The molecule has 2 N–H and O–H groups in total. The summed E-state index contributed by atoms with van der Waals surface area (Å²) in [7, 11) is 0. The van der Waals surface area contributed by atoms with E-state index in [1.54, 1.807) is 4.90 Å². The Morgan fingerprint density at radius 2 is 1.81 bits per heavy atom. The van der Waals surface area contributed by atoms with E-state index in [4.69, 9.17) is 17.3 Å². The van der Waals surface area contributed by atoms with Gasteiger partial charge in [0.2, 0.25) is 5.91 Å². The molecule has 2 amide bonds. The summed E-state index contributed by atoms with van der Waals surface area (Å²) in [5, 5.41) is 0.106. The second kappa shape index (κ2) is 8.76. The van der Waals surface area contributed by atoms with E-state index in [0.29, 0.717) is 26.2 Å². The van der Waals surface area contributed by atoms with Crippen molar-refractivity contribution < 1.29 is 14.0 Å². The maximum atomic E-state index is 13.2. The summed E-state index contributed by atoms with van der Waals surface area (Å²) in [5.74, 6) is -0.755. The van der Waals surface area contributed by atoms with Crippen molar-refractivity contribution in [2.75, 3.05) is 26.2 Å². The highest BCUT2D eigenvalue weighted by Gasteiger charge is 2.40. The van der Waals surface area contributed by atoms with E-state index in [1.165, 1.54) is 12.1 Å². The Balaban J connectivity index is 0.00000261. The van der Waals surface area contributed by atoms with Gasteiger partial charge in [-0.3, -0.25) is 9.59 Å². The highest BCUT2D eigenvalue weighted by Crippen LogP contribution is 2.33. The molecule has 0 radical (unpaired) electrons. The number of hydrogen-bond acceptors (Lipinski definition) is 3. The van der Waals surface area contributed by atoms with Crippen molar-refractivity contribution >= 4 is 35.8 Å². The number of nitrogens with two attached hydrogens (primary N) is 1. The van der Waals surface area contributed by atoms with E-state index in [1.807, 2.05) is 11.8 Å². The fourth-order valence-electron chi connectivity index (χ4n) is 3.95. The summed E-state index contributed by atoms with van der Waals surface area (Å²) in [6.07, 6.45) is 3.79. The lowest BCUT2D eigenvalue weighted by molar-refractivity contribution is -0.140. The minimum atomic E-state index is -0.473. The number of carbonyl (C=O) groups is 2. The monoisotopic (exact) mass is 417 g/mol. The Labute approximate surface area is 170 Å². The van der Waals surface area contributed by atoms with Gasteiger partial charge >= 0.3 is 0 Å². The van der Waals surface area contributed by atoms with Gasteiger partial charge in [-0.25, -0.2) is 4.39 Å². The zero-order valence-corrected chi connectivity index (χ0v) is 17.0. The van der Waals surface area contributed by atoms with Gasteiger partial charge in [-0.05, 0) is 38.0 Å². The van der Waals surface area contributed by atoms with E-state index in [0.717, 1.165) is 31.7 Å². The third kappa shape index (κ3) is 4.73. The van der Waals surface area contributed by atoms with E-state index in [-0.39, 0.29) is 40.7 Å². The minimum absolute atomic E-state index is 0. The first-order valence-electron chi connectivity index (χ1n) is 9.11. The number of carbonyl (C=O) groups excluding carboxylic acids is 2. The summed E-state index contributed by atoms with van der Waals surface area (Å²) in [5.41, 5.74) is 6.18. The molecule has 1 aliphatic carbocycles. The van der Waals surface area contributed by atoms with Crippen LogP contribution in [0.1, 0.15) is 43.0 Å². The van der Waals surface area contributed by atoms with Crippen LogP contribution in [-0.4, -0.2) is 53.3 Å². The highest BCUT2D eigenvalue weighted by atomic mass is 35.5. The molecular formula is C19H26Cl2FN3O2. The first-order valence-corrected chi connectivity index (χ1v) is 9.49. The Bertz CT molecular complexity index is 706. The molecular weight excluding hydrogens is 392 g/mol. The van der Waals surface area contributed by atoms with Crippen LogP contribution in [0, 0.1) is 11.7 Å². The van der Waals surface area contributed by atoms with Crippen molar-refractivity contribution in [1.82, 2.24) is 9.80 Å². The number of hydrogen-bond donors (Lipinski definition) is 1. The molecule has 3 rings (SSSR count). The predicted molar refractivity (Wildman–Crippen MR) is 106 cm³/mol. The molecule has 2 fully saturated rings. The topological polar surface area (TPSA) is 66.6 Å². The molecule has 8 heteroatoms. The molecule has 1 aromatic carbocycles. The third-order valence-electron chi connectivity index (χ3n) is 5.59. The van der Waals surface area contributed by atoms with Gasteiger partial charge in [0, 0.05) is 31.7 Å². The Morgan fingerprint density at radius 3 is 2.41 bits per heavy atom. The maximum absolute atomic E-state index is 13.2. The largest absolute Gasteiger partial charge is 0.339 e. The van der Waals surface area contributed by atoms with E-state index in [2.05, 4.69) is 0 Å². The second-order valence-corrected chi connectivity index (χ2v) is 7.95. The van der Waals surface area contributed by atoms with Crippen molar-refractivity contribution in [2.24, 2.45) is 11.7 Å². The maximum Gasteiger partial charge on any atom is 0.255 e. The van der Waals surface area contributed by atoms with Crippen LogP contribution in [0.5, 0.6) is 0 Å². The predicted octanol–water partition coefficient (Wildman–Crippen LogP) is 3.09. The number of amides is 2. The first kappa shape index (κ1) is 21.9. The van der Waals surface area contributed by atoms with Crippen LogP contribution in [0.3, 0.4) is 0 Å². The highest BCUT2D eigenvalue weighted by molar-refractivity contribution is 6.33. The van der Waals surface area contributed by atoms with Crippen molar-refractivity contribution in [3.05, 3.63) is 34.6 Å². The van der Waals surface area contributed by atoms with Crippen LogP contribution < -0.4 is 5.73 Å². The quantitative estimate of drug-likeness (QED) is 0.803. The number of benzene rings is 1. The molecule has 0 aromatic heterocycles. The average molecular weight is 418 g/mol. The van der Waals surface area contributed by atoms with Gasteiger partial charge in [-0.2, -0.15) is 0 Å². The molecule has 27 heavy (non-hydrogen) atoms. The van der Waals surface area contributed by atoms with Crippen LogP contribution >= 0.6 is 24.0 Å². The molecule has 2 atom stereocenters. The molecule has 5 nitrogen and oxygen atoms in total. The molecule has 0 bridgehead atoms. The van der Waals surface area contributed by atoms with E-state index >= 15 is 0 Å². The zero-order valence-electron chi connectivity index (χ0n) is 15.4. The summed E-state index contributed by atoms with van der Waals surface area (Å²) in [6, 6.07) is 3.77. The number of piperazine rings is 1. The smallest absolute Gasteiger partial charge is 0.255 e. The molecule has 1 heterocycles. The minimum Gasteiger partial charge on any atom is -0.339 e. The lowest BCUT2D eigenvalue weighted by Crippen LogP contribution is -2.57. The molecule has 150 valence electrons. The Morgan fingerprint density at radius 1 is 1.19 bits per heavy atom. The van der Waals surface area contributed by atoms with Gasteiger partial charge in [0.1, 0.15) is 5.82 Å². The van der Waals surface area contributed by atoms with Crippen molar-refractivity contribution in [2.45, 2.75) is 38.1 Å². The fraction of sp³-hybridized carbons (Fsp3) is 0.579. The van der Waals surface area contributed by atoms with Crippen molar-refractivity contribution in [3.8, 4) is 0 Å². The van der Waals surface area contributed by atoms with Crippen LogP contribution in [0.4, 0.5) is 4.39 Å². The van der Waals surface area contributed by atoms with Crippen molar-refractivity contribution in [1.29, 1.82) is 0 Å². The molecule has 1 saturated heterocycles. The summed E-state index contributed by atoms with van der Waals surface area (Å²) in [4.78, 5) is 29.0. The molecule has 2 aliphatic rings. The number of halogens is 3. The molecule has 1 aromatic rings. The van der Waals surface area contributed by atoms with Gasteiger partial charge in [0.05, 0.1) is 16.5 Å². The Hall–Kier alpha value is -1.37. The van der Waals surface area contributed by atoms with E-state index in [9.17, 15) is 14.0 Å². The average Bonchev–Trinajstić information content (AvgIpc) is 2.60. The van der Waals surface area contributed by atoms with Crippen LogP contribution in [-0.2, 0) is 4.79 Å².